The molecule has 0 aliphatic carbocycles. The lowest BCUT2D eigenvalue weighted by atomic mass is 9.99. The molecule has 1 aromatic heterocycles. The molecular weight excluding hydrogens is 457 g/mol. The van der Waals surface area contributed by atoms with E-state index in [9.17, 15) is 26.4 Å². The molecule has 6 nitrogen and oxygen atoms in total. The number of carbonyl (C=O) groups excluding carboxylic acids is 1. The Morgan fingerprint density at radius 3 is 2.39 bits per heavy atom. The van der Waals surface area contributed by atoms with Crippen LogP contribution in [0.15, 0.2) is 70.4 Å². The van der Waals surface area contributed by atoms with Gasteiger partial charge in [-0.3, -0.25) is 0 Å². The number of hydrogen-bond donors (Lipinski definition) is 0. The fourth-order valence-corrected chi connectivity index (χ4v) is 4.55. The van der Waals surface area contributed by atoms with E-state index in [1.54, 1.807) is 6.07 Å². The molecule has 0 saturated heterocycles. The second kappa shape index (κ2) is 9.06. The third-order valence-corrected chi connectivity index (χ3v) is 6.25. The predicted molar refractivity (Wildman–Crippen MR) is 107 cm³/mol. The van der Waals surface area contributed by atoms with Crippen molar-refractivity contribution in [3.8, 4) is 16.9 Å². The number of methoxy groups -OCH3 is 1. The summed E-state index contributed by atoms with van der Waals surface area (Å²) in [5, 5.41) is 0. The van der Waals surface area contributed by atoms with Gasteiger partial charge in [-0.05, 0) is 23.8 Å². The highest BCUT2D eigenvalue weighted by atomic mass is 32.2. The topological polar surface area (TPSA) is 82.8 Å². The van der Waals surface area contributed by atoms with Gasteiger partial charge < -0.3 is 13.3 Å². The van der Waals surface area contributed by atoms with Crippen LogP contribution < -0.4 is 4.18 Å². The Balaban J connectivity index is 2.16. The summed E-state index contributed by atoms with van der Waals surface area (Å²) >= 11 is -0.825. The number of carbonyl (C=O) groups is 1. The number of ether oxygens (including phenoxy) is 1. The SMILES string of the molecule is COC(=O)c1c(CS(=O)(=O)c2ccccc2)ccc(-c2ccoc2)c1OSC(F)(F)F. The van der Waals surface area contributed by atoms with Crippen LogP contribution in [-0.4, -0.2) is 27.0 Å². The first-order chi connectivity index (χ1) is 14.6. The molecule has 0 atom stereocenters. The van der Waals surface area contributed by atoms with Gasteiger partial charge in [-0.2, -0.15) is 13.2 Å². The Morgan fingerprint density at radius 1 is 1.10 bits per heavy atom. The van der Waals surface area contributed by atoms with Crippen molar-refractivity contribution < 1.29 is 39.7 Å². The van der Waals surface area contributed by atoms with Gasteiger partial charge in [0.2, 0.25) is 0 Å². The van der Waals surface area contributed by atoms with Crippen LogP contribution in [0.3, 0.4) is 0 Å². The van der Waals surface area contributed by atoms with Crippen molar-refractivity contribution in [1.82, 2.24) is 0 Å². The molecule has 3 aromatic rings. The fraction of sp³-hybridized carbons (Fsp3) is 0.150. The Hall–Kier alpha value is -2.92. The summed E-state index contributed by atoms with van der Waals surface area (Å²) in [5.41, 5.74) is -4.82. The summed E-state index contributed by atoms with van der Waals surface area (Å²) in [5.74, 6) is -2.17. The van der Waals surface area contributed by atoms with Crippen molar-refractivity contribution in [2.75, 3.05) is 7.11 Å². The van der Waals surface area contributed by atoms with Gasteiger partial charge in [0.05, 0.1) is 30.3 Å². The van der Waals surface area contributed by atoms with Gasteiger partial charge in [0.15, 0.2) is 27.6 Å². The summed E-state index contributed by atoms with van der Waals surface area (Å²) in [6, 6.07) is 11.6. The van der Waals surface area contributed by atoms with Gasteiger partial charge >= 0.3 is 11.5 Å². The molecule has 0 amide bonds. The van der Waals surface area contributed by atoms with E-state index in [0.29, 0.717) is 5.56 Å². The van der Waals surface area contributed by atoms with Crippen LogP contribution in [0.1, 0.15) is 15.9 Å². The molecule has 0 unspecified atom stereocenters. The normalized spacial score (nSPS) is 11.9. The first kappa shape index (κ1) is 22.8. The summed E-state index contributed by atoms with van der Waals surface area (Å²) in [7, 11) is -2.88. The molecule has 3 rings (SSSR count). The Morgan fingerprint density at radius 2 is 1.81 bits per heavy atom. The van der Waals surface area contributed by atoms with Crippen molar-refractivity contribution >= 4 is 27.8 Å². The zero-order chi connectivity index (χ0) is 22.6. The molecule has 1 heterocycles. The fourth-order valence-electron chi connectivity index (χ4n) is 2.81. The maximum Gasteiger partial charge on any atom is 0.479 e. The van der Waals surface area contributed by atoms with Gasteiger partial charge in [0.1, 0.15) is 5.56 Å². The highest BCUT2D eigenvalue weighted by Crippen LogP contribution is 2.42. The van der Waals surface area contributed by atoms with Gasteiger partial charge in [0, 0.05) is 11.1 Å². The highest BCUT2D eigenvalue weighted by molar-refractivity contribution is 7.95. The zero-order valence-electron chi connectivity index (χ0n) is 15.9. The maximum atomic E-state index is 12.8. The van der Waals surface area contributed by atoms with E-state index in [4.69, 9.17) is 13.3 Å². The number of sulfone groups is 1. The highest BCUT2D eigenvalue weighted by Gasteiger charge is 2.34. The van der Waals surface area contributed by atoms with E-state index in [2.05, 4.69) is 0 Å². The van der Waals surface area contributed by atoms with E-state index in [1.165, 1.54) is 55.0 Å². The second-order valence-corrected chi connectivity index (χ2v) is 8.95. The van der Waals surface area contributed by atoms with E-state index >= 15 is 0 Å². The van der Waals surface area contributed by atoms with E-state index < -0.39 is 50.4 Å². The molecule has 164 valence electrons. The quantitative estimate of drug-likeness (QED) is 0.343. The molecule has 0 fully saturated rings. The first-order valence-electron chi connectivity index (χ1n) is 8.59. The van der Waals surface area contributed by atoms with Gasteiger partial charge in [0.25, 0.3) is 0 Å². The van der Waals surface area contributed by atoms with Crippen molar-refractivity contribution in [1.29, 1.82) is 0 Å². The average molecular weight is 472 g/mol. The molecule has 0 N–H and O–H groups in total. The van der Waals surface area contributed by atoms with Crippen LogP contribution in [0, 0.1) is 0 Å². The predicted octanol–water partition coefficient (Wildman–Crippen LogP) is 5.25. The molecule has 31 heavy (non-hydrogen) atoms. The van der Waals surface area contributed by atoms with E-state index in [-0.39, 0.29) is 16.0 Å². The maximum absolute atomic E-state index is 12.8. The summed E-state index contributed by atoms with van der Waals surface area (Å²) in [4.78, 5) is 12.5. The Bertz CT molecular complexity index is 1160. The number of furan rings is 1. The molecule has 0 spiro atoms. The van der Waals surface area contributed by atoms with Crippen LogP contribution in [-0.2, 0) is 20.3 Å². The molecule has 0 aliphatic heterocycles. The minimum absolute atomic E-state index is 0.00291. The molecular formula is C20H15F3O6S2. The van der Waals surface area contributed by atoms with Crippen LogP contribution >= 0.6 is 12.0 Å². The lowest BCUT2D eigenvalue weighted by molar-refractivity contribution is -0.0370. The molecule has 11 heteroatoms. The number of halogens is 3. The van der Waals surface area contributed by atoms with Gasteiger partial charge in [-0.25, -0.2) is 13.2 Å². The van der Waals surface area contributed by atoms with E-state index in [0.717, 1.165) is 7.11 Å². The van der Waals surface area contributed by atoms with Gasteiger partial charge in [-0.1, -0.05) is 30.3 Å². The number of hydrogen-bond acceptors (Lipinski definition) is 7. The van der Waals surface area contributed by atoms with Crippen LogP contribution in [0.2, 0.25) is 0 Å². The third kappa shape index (κ3) is 5.42. The smallest absolute Gasteiger partial charge is 0.472 e. The number of esters is 1. The third-order valence-electron chi connectivity index (χ3n) is 4.13. The standard InChI is InChI=1S/C20H15F3O6S2/c1-27-19(24)17-14(12-31(25,26)15-5-3-2-4-6-15)7-8-16(13-9-10-28-11-13)18(17)29-30-20(21,22)23/h2-11H,12H2,1H3. The van der Waals surface area contributed by atoms with Crippen molar-refractivity contribution in [3.05, 3.63) is 72.2 Å². The summed E-state index contributed by atoms with van der Waals surface area (Å²) in [6.45, 7) is 0. The molecule has 2 aromatic carbocycles. The van der Waals surface area contributed by atoms with Crippen LogP contribution in [0.4, 0.5) is 13.2 Å². The Kier molecular flexibility index (Phi) is 6.65. The average Bonchev–Trinajstić information content (AvgIpc) is 3.26. The molecule has 0 bridgehead atoms. The number of benzene rings is 2. The number of rotatable bonds is 7. The molecule has 0 saturated carbocycles. The van der Waals surface area contributed by atoms with E-state index in [1.807, 2.05) is 0 Å². The zero-order valence-corrected chi connectivity index (χ0v) is 17.5. The minimum atomic E-state index is -4.77. The molecule has 0 aliphatic rings. The molecule has 0 radical (unpaired) electrons. The van der Waals surface area contributed by atoms with Crippen molar-refractivity contribution in [2.24, 2.45) is 0 Å². The first-order valence-corrected chi connectivity index (χ1v) is 11.0. The van der Waals surface area contributed by atoms with Crippen LogP contribution in [0.5, 0.6) is 5.75 Å². The van der Waals surface area contributed by atoms with Crippen molar-refractivity contribution in [2.45, 2.75) is 16.2 Å². The lowest BCUT2D eigenvalue weighted by Crippen LogP contribution is -2.14. The largest absolute Gasteiger partial charge is 0.479 e. The summed E-state index contributed by atoms with van der Waals surface area (Å²) < 4.78 is 78.7. The monoisotopic (exact) mass is 472 g/mol. The van der Waals surface area contributed by atoms with Crippen molar-refractivity contribution in [3.63, 3.8) is 0 Å². The van der Waals surface area contributed by atoms with Gasteiger partial charge in [-0.15, -0.1) is 0 Å². The Labute approximate surface area is 180 Å². The van der Waals surface area contributed by atoms with Crippen LogP contribution in [0.25, 0.3) is 11.1 Å². The number of alkyl halides is 3. The summed E-state index contributed by atoms with van der Waals surface area (Å²) in [6.07, 6.45) is 2.55. The second-order valence-electron chi connectivity index (χ2n) is 6.16. The lowest BCUT2D eigenvalue weighted by Gasteiger charge is -2.17. The minimum Gasteiger partial charge on any atom is -0.472 e.